The lowest BCUT2D eigenvalue weighted by atomic mass is 10.3. The van der Waals surface area contributed by atoms with Crippen LogP contribution in [0.15, 0.2) is 27.7 Å². The molecule has 6 heteroatoms. The molecule has 0 spiro atoms. The van der Waals surface area contributed by atoms with Crippen LogP contribution in [0.3, 0.4) is 0 Å². The average molecular weight is 320 g/mol. The van der Waals surface area contributed by atoms with Crippen molar-refractivity contribution in [3.8, 4) is 0 Å². The summed E-state index contributed by atoms with van der Waals surface area (Å²) in [5, 5.41) is 10.6. The van der Waals surface area contributed by atoms with Crippen molar-refractivity contribution in [3.05, 3.63) is 39.4 Å². The third-order valence-electron chi connectivity index (χ3n) is 3.20. The van der Waals surface area contributed by atoms with E-state index >= 15 is 0 Å². The van der Waals surface area contributed by atoms with Crippen LogP contribution in [0, 0.1) is 0 Å². The number of aromatic nitrogens is 1. The summed E-state index contributed by atoms with van der Waals surface area (Å²) in [6.45, 7) is 8.40. The van der Waals surface area contributed by atoms with Gasteiger partial charge in [0.15, 0.2) is 11.7 Å². The van der Waals surface area contributed by atoms with E-state index in [2.05, 4.69) is 53.7 Å². The molecule has 5 nitrogen and oxygen atoms in total. The topological polar surface area (TPSA) is 62.5 Å². The molecule has 0 aromatic carbocycles. The molecular formula is C16H24N4OS. The Morgan fingerprint density at radius 1 is 1.18 bits per heavy atom. The number of hydrogen-bond donors (Lipinski definition) is 2. The zero-order chi connectivity index (χ0) is 15.8. The smallest absolute Gasteiger partial charge is 0.191 e. The lowest BCUT2D eigenvalue weighted by Gasteiger charge is -2.09. The number of aliphatic imine (C=N–C) groups is 1. The van der Waals surface area contributed by atoms with Crippen LogP contribution >= 0.6 is 11.3 Å². The summed E-state index contributed by atoms with van der Waals surface area (Å²) in [5.41, 5.74) is 0.967. The normalized spacial score (nSPS) is 11.7. The number of aryl methyl sites for hydroxylation is 2. The quantitative estimate of drug-likeness (QED) is 0.608. The van der Waals surface area contributed by atoms with E-state index in [0.717, 1.165) is 43.3 Å². The molecule has 2 aromatic rings. The Kier molecular flexibility index (Phi) is 6.45. The largest absolute Gasteiger partial charge is 0.359 e. The highest BCUT2D eigenvalue weighted by Crippen LogP contribution is 2.16. The minimum absolute atomic E-state index is 0.493. The Balaban J connectivity index is 1.91. The molecule has 0 saturated heterocycles. The van der Waals surface area contributed by atoms with Crippen molar-refractivity contribution in [3.63, 3.8) is 0 Å². The van der Waals surface area contributed by atoms with Gasteiger partial charge in [0.1, 0.15) is 6.54 Å². The van der Waals surface area contributed by atoms with E-state index in [0.29, 0.717) is 6.54 Å². The van der Waals surface area contributed by atoms with Crippen LogP contribution in [0.1, 0.15) is 42.0 Å². The molecule has 0 radical (unpaired) electrons. The summed E-state index contributed by atoms with van der Waals surface area (Å²) in [4.78, 5) is 7.26. The summed E-state index contributed by atoms with van der Waals surface area (Å²) in [6, 6.07) is 6.32. The van der Waals surface area contributed by atoms with E-state index in [9.17, 15) is 0 Å². The molecule has 0 bridgehead atoms. The van der Waals surface area contributed by atoms with Crippen LogP contribution in [-0.4, -0.2) is 17.7 Å². The molecule has 2 rings (SSSR count). The van der Waals surface area contributed by atoms with Crippen LogP contribution in [0.2, 0.25) is 0 Å². The predicted molar refractivity (Wildman–Crippen MR) is 91.2 cm³/mol. The van der Waals surface area contributed by atoms with E-state index in [1.807, 2.05) is 17.4 Å². The van der Waals surface area contributed by atoms with Gasteiger partial charge in [-0.25, -0.2) is 4.99 Å². The summed E-state index contributed by atoms with van der Waals surface area (Å²) < 4.78 is 5.25. The summed E-state index contributed by atoms with van der Waals surface area (Å²) in [6.07, 6.45) is 1.97. The van der Waals surface area contributed by atoms with Gasteiger partial charge in [-0.2, -0.15) is 0 Å². The molecule has 0 saturated carbocycles. The maximum Gasteiger partial charge on any atom is 0.191 e. The average Bonchev–Trinajstić information content (AvgIpc) is 3.18. The predicted octanol–water partition coefficient (Wildman–Crippen LogP) is 3.12. The fourth-order valence-corrected chi connectivity index (χ4v) is 2.87. The molecule has 0 aliphatic heterocycles. The van der Waals surface area contributed by atoms with Crippen molar-refractivity contribution < 1.29 is 4.52 Å². The minimum atomic E-state index is 0.493. The Morgan fingerprint density at radius 3 is 2.64 bits per heavy atom. The monoisotopic (exact) mass is 320 g/mol. The van der Waals surface area contributed by atoms with Gasteiger partial charge < -0.3 is 15.2 Å². The van der Waals surface area contributed by atoms with Crippen LogP contribution in [-0.2, 0) is 25.9 Å². The Labute approximate surface area is 135 Å². The van der Waals surface area contributed by atoms with Crippen LogP contribution in [0.4, 0.5) is 0 Å². The second-order valence-corrected chi connectivity index (χ2v) is 6.16. The van der Waals surface area contributed by atoms with E-state index in [-0.39, 0.29) is 0 Å². The molecule has 0 aliphatic carbocycles. The van der Waals surface area contributed by atoms with Crippen molar-refractivity contribution in [1.82, 2.24) is 15.8 Å². The zero-order valence-corrected chi connectivity index (χ0v) is 14.3. The fraction of sp³-hybridized carbons (Fsp3) is 0.500. The molecule has 2 aromatic heterocycles. The summed E-state index contributed by atoms with van der Waals surface area (Å²) >= 11 is 1.84. The second-order valence-electron chi connectivity index (χ2n) is 4.91. The molecule has 2 heterocycles. The Morgan fingerprint density at radius 2 is 2.00 bits per heavy atom. The van der Waals surface area contributed by atoms with Crippen molar-refractivity contribution in [2.75, 3.05) is 6.54 Å². The van der Waals surface area contributed by atoms with Crippen molar-refractivity contribution >= 4 is 17.3 Å². The highest BCUT2D eigenvalue weighted by Gasteiger charge is 2.04. The first-order chi connectivity index (χ1) is 10.7. The van der Waals surface area contributed by atoms with Crippen molar-refractivity contribution in [2.45, 2.75) is 46.7 Å². The van der Waals surface area contributed by atoms with E-state index in [1.165, 1.54) is 9.75 Å². The molecule has 120 valence electrons. The second kappa shape index (κ2) is 8.58. The van der Waals surface area contributed by atoms with Gasteiger partial charge in [0.2, 0.25) is 0 Å². The number of guanidine groups is 1. The number of rotatable bonds is 7. The van der Waals surface area contributed by atoms with Crippen molar-refractivity contribution in [2.24, 2.45) is 4.99 Å². The first kappa shape index (κ1) is 16.5. The van der Waals surface area contributed by atoms with E-state index in [4.69, 9.17) is 4.52 Å². The van der Waals surface area contributed by atoms with Crippen LogP contribution in [0.25, 0.3) is 0 Å². The highest BCUT2D eigenvalue weighted by atomic mass is 32.1. The molecule has 0 fully saturated rings. The molecular weight excluding hydrogens is 296 g/mol. The number of nitrogens with one attached hydrogen (secondary N) is 2. The molecule has 0 unspecified atom stereocenters. The fourth-order valence-electron chi connectivity index (χ4n) is 1.97. The summed E-state index contributed by atoms with van der Waals surface area (Å²) in [5.74, 6) is 1.59. The molecule has 0 amide bonds. The van der Waals surface area contributed by atoms with Gasteiger partial charge in [-0.3, -0.25) is 0 Å². The maximum atomic E-state index is 5.25. The van der Waals surface area contributed by atoms with Gasteiger partial charge in [0.25, 0.3) is 0 Å². The molecule has 22 heavy (non-hydrogen) atoms. The first-order valence-corrected chi connectivity index (χ1v) is 8.61. The van der Waals surface area contributed by atoms with Gasteiger partial charge in [0, 0.05) is 22.4 Å². The van der Waals surface area contributed by atoms with Gasteiger partial charge >= 0.3 is 0 Å². The van der Waals surface area contributed by atoms with Crippen LogP contribution in [0.5, 0.6) is 0 Å². The Bertz CT molecular complexity index is 603. The number of hydrogen-bond acceptors (Lipinski definition) is 4. The van der Waals surface area contributed by atoms with Gasteiger partial charge in [-0.15, -0.1) is 11.3 Å². The maximum absolute atomic E-state index is 5.25. The first-order valence-electron chi connectivity index (χ1n) is 7.79. The minimum Gasteiger partial charge on any atom is -0.359 e. The lowest BCUT2D eigenvalue weighted by Crippen LogP contribution is -2.36. The van der Waals surface area contributed by atoms with Gasteiger partial charge in [-0.05, 0) is 31.9 Å². The Hall–Kier alpha value is -1.82. The molecule has 0 aliphatic rings. The van der Waals surface area contributed by atoms with Gasteiger partial charge in [0.05, 0.1) is 12.2 Å². The van der Waals surface area contributed by atoms with E-state index < -0.39 is 0 Å². The SMILES string of the molecule is CCNC(=NCc1cc(CC)no1)NCc1ccc(CC)s1. The van der Waals surface area contributed by atoms with Gasteiger partial charge in [-0.1, -0.05) is 19.0 Å². The van der Waals surface area contributed by atoms with Crippen molar-refractivity contribution in [1.29, 1.82) is 0 Å². The standard InChI is InChI=1S/C16H24N4OS/c1-4-12-9-13(21-20-12)10-18-16(17-6-3)19-11-15-8-7-14(5-2)22-15/h7-9H,4-6,10-11H2,1-3H3,(H2,17,18,19). The zero-order valence-electron chi connectivity index (χ0n) is 13.5. The van der Waals surface area contributed by atoms with E-state index in [1.54, 1.807) is 0 Å². The number of thiophene rings is 1. The highest BCUT2D eigenvalue weighted by molar-refractivity contribution is 7.11. The lowest BCUT2D eigenvalue weighted by molar-refractivity contribution is 0.379. The third-order valence-corrected chi connectivity index (χ3v) is 4.43. The molecule has 0 atom stereocenters. The molecule has 2 N–H and O–H groups in total. The third kappa shape index (κ3) is 4.87. The van der Waals surface area contributed by atoms with Crippen LogP contribution < -0.4 is 10.6 Å². The summed E-state index contributed by atoms with van der Waals surface area (Å²) in [7, 11) is 0. The number of nitrogens with zero attached hydrogens (tertiary/aromatic N) is 2.